The number of aryl methyl sites for hydroxylation is 1. The van der Waals surface area contributed by atoms with Crippen LogP contribution in [0.2, 0.25) is 0 Å². The van der Waals surface area contributed by atoms with Gasteiger partial charge in [0.1, 0.15) is 5.56 Å². The third-order valence-electron chi connectivity index (χ3n) is 7.20. The lowest BCUT2D eigenvalue weighted by Gasteiger charge is -2.24. The second kappa shape index (κ2) is 11.2. The number of nitrogens with zero attached hydrogens (tertiary/aromatic N) is 5. The lowest BCUT2D eigenvalue weighted by atomic mass is 10.1. The van der Waals surface area contributed by atoms with Gasteiger partial charge in [0.2, 0.25) is 5.95 Å². The van der Waals surface area contributed by atoms with Gasteiger partial charge in [-0.05, 0) is 71.5 Å². The van der Waals surface area contributed by atoms with Gasteiger partial charge in [0.15, 0.2) is 0 Å². The fourth-order valence-electron chi connectivity index (χ4n) is 4.89. The summed E-state index contributed by atoms with van der Waals surface area (Å²) in [4.78, 5) is 26.9. The van der Waals surface area contributed by atoms with Crippen molar-refractivity contribution in [2.75, 3.05) is 50.2 Å². The van der Waals surface area contributed by atoms with Crippen molar-refractivity contribution in [2.24, 2.45) is 0 Å². The number of nitrogens with one attached hydrogen (secondary N) is 1. The van der Waals surface area contributed by atoms with Crippen molar-refractivity contribution in [3.05, 3.63) is 59.9 Å². The van der Waals surface area contributed by atoms with Gasteiger partial charge in [-0.2, -0.15) is 0 Å². The predicted octanol–water partition coefficient (Wildman–Crippen LogP) is 7.84. The van der Waals surface area contributed by atoms with E-state index in [4.69, 9.17) is 42.2 Å². The Bertz CT molecular complexity index is 1590. The number of carbonyl (C=O) groups excluding carboxylic acids is 1. The monoisotopic (exact) mass is 596 g/mol. The highest BCUT2D eigenvalue weighted by molar-refractivity contribution is 6.03. The molecule has 3 N–H and O–H groups in total. The molecule has 0 spiro atoms. The number of nitrogens with two attached hydrogens (primary N) is 1. The molecule has 1 saturated carbocycles. The van der Waals surface area contributed by atoms with E-state index in [1.165, 1.54) is 0 Å². The topological polar surface area (TPSA) is 102 Å². The number of nitrogen functional groups attached to an aromatic ring is 1. The summed E-state index contributed by atoms with van der Waals surface area (Å²) in [6, 6.07) is 12.7. The van der Waals surface area contributed by atoms with Crippen LogP contribution in [-0.4, -0.2) is 65.7 Å². The summed E-state index contributed by atoms with van der Waals surface area (Å²) in [6.07, 6.45) is 5.71. The molecule has 0 bridgehead atoms. The van der Waals surface area contributed by atoms with Crippen LogP contribution in [0.15, 0.2) is 48.8 Å². The molecular formula is C31H57N7O2. The summed E-state index contributed by atoms with van der Waals surface area (Å²) < 4.78 is 97.9. The van der Waals surface area contributed by atoms with Crippen molar-refractivity contribution in [1.82, 2.24) is 19.4 Å². The van der Waals surface area contributed by atoms with Gasteiger partial charge in [0.05, 0.1) is 23.2 Å². The second-order valence-corrected chi connectivity index (χ2v) is 11.2. The molecule has 0 aliphatic heterocycles. The van der Waals surface area contributed by atoms with Gasteiger partial charge < -0.3 is 30.2 Å². The van der Waals surface area contributed by atoms with Crippen LogP contribution >= 0.6 is 0 Å². The smallest absolute Gasteiger partial charge is 0.342 e. The van der Waals surface area contributed by atoms with E-state index in [1.54, 1.807) is 6.20 Å². The molecule has 5 rings (SSSR count). The number of likely N-dealkylation sites (N-methyl/N-ethyl adjacent to an activating group) is 2. The Labute approximate surface area is 263 Å². The molecular weight excluding hydrogens is 502 g/mol. The van der Waals surface area contributed by atoms with Crippen LogP contribution in [0.3, 0.4) is 0 Å². The summed E-state index contributed by atoms with van der Waals surface area (Å²) >= 11 is 0. The van der Waals surface area contributed by atoms with Gasteiger partial charge in [0, 0.05) is 87.5 Å². The average molecular weight is 596 g/mol. The van der Waals surface area contributed by atoms with E-state index >= 15 is 0 Å². The minimum absolute atomic E-state index is 0.258. The number of fused-ring (bicyclic) bond motifs is 1. The first-order valence-corrected chi connectivity index (χ1v) is 13.8. The quantitative estimate of drug-likeness (QED) is 0.141. The number of aromatic nitrogens is 3. The minimum atomic E-state index is -0.439. The highest BCUT2D eigenvalue weighted by Gasteiger charge is 2.28. The Morgan fingerprint density at radius 3 is 2.67 bits per heavy atom. The number of para-hydroxylation sites is 1. The summed E-state index contributed by atoms with van der Waals surface area (Å²) in [7, 11) is 6.16. The first kappa shape index (κ1) is 18.3. The molecule has 2 heterocycles. The molecule has 9 heteroatoms. The normalized spacial score (nSPS) is 15.1. The van der Waals surface area contributed by atoms with Crippen LogP contribution in [0.4, 0.5) is 23.0 Å². The average Bonchev–Trinajstić information content (AvgIpc) is 4.06. The van der Waals surface area contributed by atoms with Crippen molar-refractivity contribution in [3.63, 3.8) is 0 Å². The molecule has 1 fully saturated rings. The zero-order chi connectivity index (χ0) is 46.6. The Morgan fingerprint density at radius 1 is 1.23 bits per heavy atom. The number of esters is 1. The summed E-state index contributed by atoms with van der Waals surface area (Å²) in [6.45, 7) is 7.49. The molecule has 0 amide bonds. The number of hydrogen-bond donors (Lipinski definition) is 2. The van der Waals surface area contributed by atoms with Gasteiger partial charge in [-0.15, -0.1) is 0 Å². The zero-order valence-electron chi connectivity index (χ0n) is 42.2. The van der Waals surface area contributed by atoms with Crippen LogP contribution in [-0.2, 0) is 4.74 Å². The molecule has 0 radical (unpaired) electrons. The number of carbonyl (C=O) groups is 1. The molecule has 40 heavy (non-hydrogen) atoms. The Morgan fingerprint density at radius 2 is 1.98 bits per heavy atom. The van der Waals surface area contributed by atoms with Crippen molar-refractivity contribution >= 4 is 39.9 Å². The lowest BCUT2D eigenvalue weighted by molar-refractivity contribution is 0.0378. The number of anilines is 4. The first-order chi connectivity index (χ1) is 28.1. The maximum absolute atomic E-state index is 13.1. The highest BCUT2D eigenvalue weighted by Crippen LogP contribution is 2.42. The van der Waals surface area contributed by atoms with E-state index in [9.17, 15) is 4.79 Å². The Balaban J connectivity index is -0.000000460. The zero-order valence-corrected chi connectivity index (χ0v) is 24.2. The van der Waals surface area contributed by atoms with Crippen LogP contribution in [0.25, 0.3) is 22.2 Å². The fraction of sp³-hybridized carbons (Fsp3) is 0.387. The largest absolute Gasteiger partial charge is 0.459 e. The molecule has 1 aliphatic rings. The molecule has 0 unspecified atom stereocenters. The van der Waals surface area contributed by atoms with Crippen molar-refractivity contribution in [3.8, 4) is 11.3 Å². The minimum Gasteiger partial charge on any atom is -0.459 e. The van der Waals surface area contributed by atoms with Crippen molar-refractivity contribution < 1.29 is 36.3 Å². The van der Waals surface area contributed by atoms with Gasteiger partial charge in [-0.1, -0.05) is 18.2 Å². The van der Waals surface area contributed by atoms with Crippen molar-refractivity contribution in [2.45, 2.75) is 45.8 Å². The summed E-state index contributed by atoms with van der Waals surface area (Å²) in [5, 5.41) is 4.39. The standard InChI is InChI=1S/C31H39N7O2.9H2/c1-19(2)40-30(39)23-17-33-31(34-26-16-25(32)28(15-20(26)3)37(6)14-13-36(4)5)35-29(23)24-18-38(21-11-12-21)27-10-8-7-9-22(24)27;;;;;;;;;/h7-10,15-19,21H,11-14,32H2,1-6H3,(H,33,34,35);9*1H/i;9*1+2T. The molecule has 1 aliphatic carbocycles. The molecule has 4 aromatic rings. The number of ether oxygens (including phenoxy) is 1. The summed E-state index contributed by atoms with van der Waals surface area (Å²) in [5.74, 6) is -0.0547. The molecule has 0 atom stereocenters. The molecule has 9 nitrogen and oxygen atoms in total. The lowest BCUT2D eigenvalue weighted by Crippen LogP contribution is -2.29. The van der Waals surface area contributed by atoms with Gasteiger partial charge >= 0.3 is 5.97 Å². The van der Waals surface area contributed by atoms with Crippen LogP contribution in [0, 0.1) is 6.92 Å². The van der Waals surface area contributed by atoms with E-state index in [1.807, 2.05) is 46.0 Å². The van der Waals surface area contributed by atoms with Gasteiger partial charge in [0.25, 0.3) is 0 Å². The number of benzene rings is 2. The maximum atomic E-state index is 13.1. The predicted molar refractivity (Wildman–Crippen MR) is 182 cm³/mol. The molecule has 228 valence electrons. The van der Waals surface area contributed by atoms with Crippen LogP contribution in [0.5, 0.6) is 0 Å². The maximum Gasteiger partial charge on any atom is 0.342 e. The third-order valence-corrected chi connectivity index (χ3v) is 7.20. The fourth-order valence-corrected chi connectivity index (χ4v) is 4.89. The first-order valence-electron chi connectivity index (χ1n) is 22.8. The number of hydrogen-bond acceptors (Lipinski definition) is 8. The summed E-state index contributed by atoms with van der Waals surface area (Å²) in [5.41, 5.74) is 12.9. The van der Waals surface area contributed by atoms with Gasteiger partial charge in [-0.3, -0.25) is 0 Å². The Kier molecular flexibility index (Phi) is 5.11. The highest BCUT2D eigenvalue weighted by atomic mass is 16.5. The third kappa shape index (κ3) is 5.74. The van der Waals surface area contributed by atoms with Crippen LogP contribution < -0.4 is 16.0 Å². The van der Waals surface area contributed by atoms with Gasteiger partial charge in [-0.25, -0.2) is 14.8 Å². The molecule has 2 aromatic carbocycles. The molecule has 2 aromatic heterocycles. The van der Waals surface area contributed by atoms with E-state index in [0.717, 1.165) is 59.3 Å². The Hall–Kier alpha value is -4.11. The van der Waals surface area contributed by atoms with E-state index in [-0.39, 0.29) is 6.10 Å². The van der Waals surface area contributed by atoms with E-state index in [2.05, 4.69) is 63.2 Å². The van der Waals surface area contributed by atoms with E-state index < -0.39 is 5.97 Å². The second-order valence-electron chi connectivity index (χ2n) is 11.2. The van der Waals surface area contributed by atoms with E-state index in [0.29, 0.717) is 28.9 Å². The van der Waals surface area contributed by atoms with Crippen molar-refractivity contribution in [1.29, 1.82) is 0 Å². The number of rotatable bonds is 10. The van der Waals surface area contributed by atoms with Crippen LogP contribution in [0.1, 0.15) is 75.4 Å². The molecule has 0 saturated heterocycles. The SMILES string of the molecule is Cc1cc(N(C)CCN(C)C)c(N)cc1Nc1ncc(C(=O)OC(C)C)c(-c2cn(C3CC3)c3ccccc23)n1.[3H][3H].[3H][3H].[3H][3H].[3H][3H].[3H][3H].[3H][3H].[3H][3H].[3H][3H].[3H][3H].